The van der Waals surface area contributed by atoms with E-state index in [0.29, 0.717) is 0 Å². The van der Waals surface area contributed by atoms with Crippen LogP contribution in [-0.2, 0) is 12.8 Å². The smallest absolute Gasteiger partial charge is 0.165 e. The zero-order valence-electron chi connectivity index (χ0n) is 15.0. The summed E-state index contributed by atoms with van der Waals surface area (Å²) < 4.78 is 57.4. The van der Waals surface area contributed by atoms with Crippen LogP contribution < -0.4 is 0 Å². The predicted molar refractivity (Wildman–Crippen MR) is 105 cm³/mol. The topological polar surface area (TPSA) is 0 Å². The van der Waals surface area contributed by atoms with Crippen LogP contribution in [0.15, 0.2) is 72.8 Å². The van der Waals surface area contributed by atoms with Crippen molar-refractivity contribution in [1.29, 1.82) is 0 Å². The van der Waals surface area contributed by atoms with E-state index >= 15 is 0 Å². The minimum atomic E-state index is -1.35. The highest BCUT2D eigenvalue weighted by Crippen LogP contribution is 2.26. The first-order chi connectivity index (χ1) is 13.6. The SMILES string of the molecule is Fc1c(F)c(C/C=C/c2ccccc2)c(F)c(F)c1C/C=C/c1ccccc1. The van der Waals surface area contributed by atoms with Crippen LogP contribution in [0.2, 0.25) is 0 Å². The van der Waals surface area contributed by atoms with Gasteiger partial charge in [0.25, 0.3) is 0 Å². The average molecular weight is 382 g/mol. The molecule has 3 aromatic rings. The van der Waals surface area contributed by atoms with Crippen molar-refractivity contribution in [2.75, 3.05) is 0 Å². The fraction of sp³-hybridized carbons (Fsp3) is 0.0833. The molecule has 0 heterocycles. The van der Waals surface area contributed by atoms with Gasteiger partial charge in [0.05, 0.1) is 0 Å². The molecular formula is C24H18F4. The van der Waals surface area contributed by atoms with Gasteiger partial charge in [0, 0.05) is 11.1 Å². The summed E-state index contributed by atoms with van der Waals surface area (Å²) in [6, 6.07) is 18.2. The van der Waals surface area contributed by atoms with Crippen LogP contribution in [0.5, 0.6) is 0 Å². The molecule has 0 aliphatic rings. The van der Waals surface area contributed by atoms with Gasteiger partial charge in [-0.2, -0.15) is 0 Å². The first kappa shape index (κ1) is 19.6. The van der Waals surface area contributed by atoms with E-state index in [1.165, 1.54) is 12.2 Å². The summed E-state index contributed by atoms with van der Waals surface area (Å²) in [6.07, 6.45) is 5.74. The Morgan fingerprint density at radius 1 is 0.500 bits per heavy atom. The number of halogens is 4. The predicted octanol–water partition coefficient (Wildman–Crippen LogP) is 6.75. The van der Waals surface area contributed by atoms with Crippen LogP contribution in [0.4, 0.5) is 17.6 Å². The molecule has 0 aliphatic heterocycles. The highest BCUT2D eigenvalue weighted by molar-refractivity contribution is 5.50. The second-order valence-corrected chi connectivity index (χ2v) is 6.25. The van der Waals surface area contributed by atoms with Gasteiger partial charge in [0.2, 0.25) is 0 Å². The minimum Gasteiger partial charge on any atom is -0.203 e. The fourth-order valence-electron chi connectivity index (χ4n) is 2.84. The van der Waals surface area contributed by atoms with Crippen LogP contribution >= 0.6 is 0 Å². The quantitative estimate of drug-likeness (QED) is 0.327. The van der Waals surface area contributed by atoms with Gasteiger partial charge in [-0.1, -0.05) is 85.0 Å². The van der Waals surface area contributed by atoms with Crippen LogP contribution in [0, 0.1) is 23.3 Å². The van der Waals surface area contributed by atoms with E-state index in [1.54, 1.807) is 12.2 Å². The minimum absolute atomic E-state index is 0.249. The van der Waals surface area contributed by atoms with Gasteiger partial charge in [0.15, 0.2) is 23.3 Å². The molecule has 0 fully saturated rings. The Kier molecular flexibility index (Phi) is 6.43. The van der Waals surface area contributed by atoms with Crippen molar-refractivity contribution in [3.63, 3.8) is 0 Å². The van der Waals surface area contributed by atoms with E-state index in [4.69, 9.17) is 0 Å². The number of allylic oxidation sites excluding steroid dienone is 2. The summed E-state index contributed by atoms with van der Waals surface area (Å²) in [5, 5.41) is 0. The second kappa shape index (κ2) is 9.18. The maximum atomic E-state index is 14.3. The molecule has 0 atom stereocenters. The molecule has 0 saturated heterocycles. The van der Waals surface area contributed by atoms with Gasteiger partial charge < -0.3 is 0 Å². The summed E-state index contributed by atoms with van der Waals surface area (Å²) in [7, 11) is 0. The van der Waals surface area contributed by atoms with E-state index < -0.39 is 34.4 Å². The molecule has 142 valence electrons. The zero-order chi connectivity index (χ0) is 19.9. The van der Waals surface area contributed by atoms with Crippen molar-refractivity contribution in [3.8, 4) is 0 Å². The molecule has 0 saturated carbocycles. The summed E-state index contributed by atoms with van der Waals surface area (Å²) in [6.45, 7) is 0. The molecule has 3 rings (SSSR count). The van der Waals surface area contributed by atoms with E-state index in [-0.39, 0.29) is 12.8 Å². The van der Waals surface area contributed by atoms with Crippen molar-refractivity contribution in [1.82, 2.24) is 0 Å². The van der Waals surface area contributed by atoms with E-state index in [0.717, 1.165) is 11.1 Å². The fourth-order valence-corrected chi connectivity index (χ4v) is 2.84. The second-order valence-electron chi connectivity index (χ2n) is 6.25. The highest BCUT2D eigenvalue weighted by atomic mass is 19.2. The number of rotatable bonds is 6. The lowest BCUT2D eigenvalue weighted by atomic mass is 10.0. The van der Waals surface area contributed by atoms with E-state index in [2.05, 4.69) is 0 Å². The Labute approximate surface area is 161 Å². The molecule has 0 bridgehead atoms. The van der Waals surface area contributed by atoms with Gasteiger partial charge in [-0.15, -0.1) is 0 Å². The van der Waals surface area contributed by atoms with Crippen LogP contribution in [-0.4, -0.2) is 0 Å². The lowest BCUT2D eigenvalue weighted by molar-refractivity contribution is 0.431. The van der Waals surface area contributed by atoms with Crippen molar-refractivity contribution in [3.05, 3.63) is 118 Å². The standard InChI is InChI=1S/C24H18F4/c25-21-19(15-7-13-17-9-3-1-4-10-17)22(26)24(28)20(23(21)27)16-8-14-18-11-5-2-6-12-18/h1-14H,15-16H2/b13-7+,14-8+. The maximum absolute atomic E-state index is 14.3. The Hall–Kier alpha value is -3.14. The molecule has 0 unspecified atom stereocenters. The molecule has 0 N–H and O–H groups in total. The molecule has 0 aliphatic carbocycles. The molecule has 0 nitrogen and oxygen atoms in total. The normalized spacial score (nSPS) is 11.6. The summed E-state index contributed by atoms with van der Waals surface area (Å²) in [5.74, 6) is -5.39. The molecule has 0 spiro atoms. The van der Waals surface area contributed by atoms with Crippen molar-refractivity contribution < 1.29 is 17.6 Å². The molecule has 0 amide bonds. The van der Waals surface area contributed by atoms with E-state index in [1.807, 2.05) is 60.7 Å². The van der Waals surface area contributed by atoms with Crippen LogP contribution in [0.3, 0.4) is 0 Å². The summed E-state index contributed by atoms with van der Waals surface area (Å²) in [4.78, 5) is 0. The molecule has 0 radical (unpaired) electrons. The van der Waals surface area contributed by atoms with Gasteiger partial charge in [-0.25, -0.2) is 17.6 Å². The van der Waals surface area contributed by atoms with Gasteiger partial charge >= 0.3 is 0 Å². The van der Waals surface area contributed by atoms with Gasteiger partial charge in [-0.05, 0) is 24.0 Å². The molecule has 4 heteroatoms. The zero-order valence-corrected chi connectivity index (χ0v) is 15.0. The van der Waals surface area contributed by atoms with Gasteiger partial charge in [0.1, 0.15) is 0 Å². The Balaban J connectivity index is 1.81. The third-order valence-corrected chi connectivity index (χ3v) is 4.31. The third-order valence-electron chi connectivity index (χ3n) is 4.31. The summed E-state index contributed by atoms with van der Waals surface area (Å²) >= 11 is 0. The Morgan fingerprint density at radius 3 is 1.14 bits per heavy atom. The van der Waals surface area contributed by atoms with Crippen LogP contribution in [0.25, 0.3) is 12.2 Å². The Bertz CT molecular complexity index is 879. The number of hydrogen-bond acceptors (Lipinski definition) is 0. The Morgan fingerprint density at radius 2 is 0.821 bits per heavy atom. The third kappa shape index (κ3) is 4.58. The lowest BCUT2D eigenvalue weighted by Crippen LogP contribution is -2.08. The molecule has 0 aromatic heterocycles. The first-order valence-electron chi connectivity index (χ1n) is 8.84. The molecular weight excluding hydrogens is 364 g/mol. The average Bonchev–Trinajstić information content (AvgIpc) is 2.73. The summed E-state index contributed by atoms with van der Waals surface area (Å²) in [5.41, 5.74) is 0.426. The number of benzene rings is 3. The van der Waals surface area contributed by atoms with Crippen molar-refractivity contribution in [2.24, 2.45) is 0 Å². The lowest BCUT2D eigenvalue weighted by Gasteiger charge is -2.10. The van der Waals surface area contributed by atoms with Gasteiger partial charge in [-0.3, -0.25) is 0 Å². The monoisotopic (exact) mass is 382 g/mol. The molecule has 28 heavy (non-hydrogen) atoms. The maximum Gasteiger partial charge on any atom is 0.165 e. The number of hydrogen-bond donors (Lipinski definition) is 0. The highest BCUT2D eigenvalue weighted by Gasteiger charge is 2.23. The first-order valence-corrected chi connectivity index (χ1v) is 8.84. The van der Waals surface area contributed by atoms with Crippen molar-refractivity contribution >= 4 is 12.2 Å². The van der Waals surface area contributed by atoms with E-state index in [9.17, 15) is 17.6 Å². The van der Waals surface area contributed by atoms with Crippen molar-refractivity contribution in [2.45, 2.75) is 12.8 Å². The van der Waals surface area contributed by atoms with Crippen LogP contribution in [0.1, 0.15) is 22.3 Å². The largest absolute Gasteiger partial charge is 0.203 e. The molecule has 3 aromatic carbocycles.